The van der Waals surface area contributed by atoms with Gasteiger partial charge in [0.1, 0.15) is 0 Å². The lowest BCUT2D eigenvalue weighted by Crippen LogP contribution is -2.53. The number of methoxy groups -OCH3 is 1. The normalized spacial score (nSPS) is 14.0. The quantitative estimate of drug-likeness (QED) is 0.585. The van der Waals surface area contributed by atoms with Crippen molar-refractivity contribution in [2.24, 2.45) is 5.92 Å². The molecule has 0 bridgehead atoms. The van der Waals surface area contributed by atoms with Gasteiger partial charge in [0.15, 0.2) is 6.04 Å². The van der Waals surface area contributed by atoms with E-state index in [9.17, 15) is 14.7 Å². The van der Waals surface area contributed by atoms with E-state index in [1.807, 2.05) is 13.8 Å². The molecule has 2 atom stereocenters. The second-order valence-corrected chi connectivity index (χ2v) is 4.84. The average molecular weight is 276 g/mol. The number of amides is 2. The lowest BCUT2D eigenvalue weighted by atomic mass is 10.2. The Hall–Kier alpha value is -1.34. The molecule has 0 aliphatic heterocycles. The van der Waals surface area contributed by atoms with Gasteiger partial charge in [0.2, 0.25) is 0 Å². The van der Waals surface area contributed by atoms with Gasteiger partial charge in [-0.1, -0.05) is 13.8 Å². The summed E-state index contributed by atoms with van der Waals surface area (Å²) in [7, 11) is 1.53. The zero-order valence-electron chi connectivity index (χ0n) is 11.9. The summed E-state index contributed by atoms with van der Waals surface area (Å²) in [6.07, 6.45) is -1.16. The van der Waals surface area contributed by atoms with E-state index < -0.39 is 24.1 Å². The number of aliphatic carboxylic acids is 1. The van der Waals surface area contributed by atoms with E-state index >= 15 is 0 Å². The number of carboxylic acid groups (broad SMARTS) is 1. The number of aliphatic hydroxyl groups excluding tert-OH is 1. The third-order valence-corrected chi connectivity index (χ3v) is 2.47. The van der Waals surface area contributed by atoms with Crippen LogP contribution < -0.4 is 5.32 Å². The van der Waals surface area contributed by atoms with E-state index in [4.69, 9.17) is 9.84 Å². The topological polar surface area (TPSA) is 99.1 Å². The van der Waals surface area contributed by atoms with Crippen LogP contribution in [0.25, 0.3) is 0 Å². The molecule has 0 saturated heterocycles. The smallest absolute Gasteiger partial charge is 0.328 e. The molecule has 0 aromatic carbocycles. The maximum Gasteiger partial charge on any atom is 0.328 e. The number of carbonyl (C=O) groups excluding carboxylic acids is 1. The number of nitrogens with zero attached hydrogens (tertiary/aromatic N) is 1. The molecule has 0 aliphatic rings. The summed E-state index contributed by atoms with van der Waals surface area (Å²) in [5.74, 6) is -1.02. The summed E-state index contributed by atoms with van der Waals surface area (Å²) in [5.41, 5.74) is 0. The number of carboxylic acids is 1. The Morgan fingerprint density at radius 1 is 1.32 bits per heavy atom. The molecule has 112 valence electrons. The predicted molar refractivity (Wildman–Crippen MR) is 69.9 cm³/mol. The highest BCUT2D eigenvalue weighted by molar-refractivity contribution is 5.83. The molecule has 0 aromatic rings. The molecule has 2 amide bonds. The summed E-state index contributed by atoms with van der Waals surface area (Å²) in [5, 5.41) is 20.6. The van der Waals surface area contributed by atoms with Crippen LogP contribution in [0.1, 0.15) is 20.8 Å². The Morgan fingerprint density at radius 3 is 2.26 bits per heavy atom. The number of carbonyl (C=O) groups is 2. The van der Waals surface area contributed by atoms with Crippen LogP contribution in [0.3, 0.4) is 0 Å². The minimum Gasteiger partial charge on any atom is -0.480 e. The van der Waals surface area contributed by atoms with Crippen molar-refractivity contribution in [3.05, 3.63) is 0 Å². The largest absolute Gasteiger partial charge is 0.480 e. The van der Waals surface area contributed by atoms with Crippen molar-refractivity contribution in [1.29, 1.82) is 0 Å². The standard InChI is InChI=1S/C12H24N2O5/c1-8(2)7-14(5-6-19-4)12(18)13-10(9(3)15)11(16)17/h8-10,15H,5-7H2,1-4H3,(H,13,18)(H,16,17). The fourth-order valence-electron chi connectivity index (χ4n) is 1.53. The molecule has 19 heavy (non-hydrogen) atoms. The van der Waals surface area contributed by atoms with Gasteiger partial charge in [-0.2, -0.15) is 0 Å². The Kier molecular flexibility index (Phi) is 8.09. The lowest BCUT2D eigenvalue weighted by Gasteiger charge is -2.27. The van der Waals surface area contributed by atoms with E-state index in [1.54, 1.807) is 0 Å². The van der Waals surface area contributed by atoms with E-state index in [1.165, 1.54) is 18.9 Å². The minimum absolute atomic E-state index is 0.248. The summed E-state index contributed by atoms with van der Waals surface area (Å²) in [4.78, 5) is 24.4. The van der Waals surface area contributed by atoms with Crippen molar-refractivity contribution >= 4 is 12.0 Å². The zero-order valence-corrected chi connectivity index (χ0v) is 11.9. The van der Waals surface area contributed by atoms with Crippen LogP contribution in [0, 0.1) is 5.92 Å². The molecule has 0 heterocycles. The molecule has 0 aromatic heterocycles. The first kappa shape index (κ1) is 17.7. The van der Waals surface area contributed by atoms with Gasteiger partial charge in [0, 0.05) is 20.2 Å². The molecule has 0 aliphatic carbocycles. The van der Waals surface area contributed by atoms with Gasteiger partial charge < -0.3 is 25.2 Å². The Morgan fingerprint density at radius 2 is 1.89 bits per heavy atom. The molecule has 0 fully saturated rings. The third kappa shape index (κ3) is 6.97. The van der Waals surface area contributed by atoms with E-state index in [-0.39, 0.29) is 5.92 Å². The van der Waals surface area contributed by atoms with Gasteiger partial charge in [0.05, 0.1) is 12.7 Å². The number of hydrogen-bond acceptors (Lipinski definition) is 4. The molecule has 0 spiro atoms. The molecule has 7 nitrogen and oxygen atoms in total. The number of rotatable bonds is 8. The number of urea groups is 1. The highest BCUT2D eigenvalue weighted by atomic mass is 16.5. The number of nitrogens with one attached hydrogen (secondary N) is 1. The molecule has 3 N–H and O–H groups in total. The first-order chi connectivity index (χ1) is 8.79. The van der Waals surface area contributed by atoms with Crippen LogP contribution in [0.2, 0.25) is 0 Å². The Bertz CT molecular complexity index is 294. The number of ether oxygens (including phenoxy) is 1. The third-order valence-electron chi connectivity index (χ3n) is 2.47. The second-order valence-electron chi connectivity index (χ2n) is 4.84. The summed E-state index contributed by atoms with van der Waals surface area (Å²) < 4.78 is 4.92. The predicted octanol–water partition coefficient (Wildman–Crippen LogP) is 0.134. The van der Waals surface area contributed by atoms with Crippen LogP contribution in [0.4, 0.5) is 4.79 Å². The summed E-state index contributed by atoms with van der Waals surface area (Å²) in [6.45, 7) is 6.45. The minimum atomic E-state index is -1.32. The van der Waals surface area contributed by atoms with Gasteiger partial charge in [0.25, 0.3) is 0 Å². The van der Waals surface area contributed by atoms with Crippen LogP contribution in [0.5, 0.6) is 0 Å². The molecule has 2 unspecified atom stereocenters. The van der Waals surface area contributed by atoms with Crippen molar-refractivity contribution in [2.45, 2.75) is 32.9 Å². The van der Waals surface area contributed by atoms with Crippen molar-refractivity contribution in [2.75, 3.05) is 26.8 Å². The zero-order chi connectivity index (χ0) is 15.0. The molecule has 0 saturated carbocycles. The fourth-order valence-corrected chi connectivity index (χ4v) is 1.53. The molecular weight excluding hydrogens is 252 g/mol. The van der Waals surface area contributed by atoms with Crippen LogP contribution in [0.15, 0.2) is 0 Å². The Labute approximate surface area is 113 Å². The highest BCUT2D eigenvalue weighted by Gasteiger charge is 2.27. The SMILES string of the molecule is COCCN(CC(C)C)C(=O)NC(C(=O)O)C(C)O. The van der Waals surface area contributed by atoms with Crippen LogP contribution >= 0.6 is 0 Å². The maximum atomic E-state index is 12.0. The van der Waals surface area contributed by atoms with Crippen molar-refractivity contribution in [1.82, 2.24) is 10.2 Å². The number of aliphatic hydroxyl groups is 1. The lowest BCUT2D eigenvalue weighted by molar-refractivity contribution is -0.141. The molecule has 0 radical (unpaired) electrons. The monoisotopic (exact) mass is 276 g/mol. The van der Waals surface area contributed by atoms with E-state index in [0.29, 0.717) is 19.7 Å². The summed E-state index contributed by atoms with van der Waals surface area (Å²) in [6, 6.07) is -1.83. The van der Waals surface area contributed by atoms with Gasteiger partial charge in [-0.25, -0.2) is 9.59 Å². The highest BCUT2D eigenvalue weighted by Crippen LogP contribution is 2.01. The van der Waals surface area contributed by atoms with Crippen molar-refractivity contribution < 1.29 is 24.5 Å². The van der Waals surface area contributed by atoms with Gasteiger partial charge in [-0.3, -0.25) is 0 Å². The van der Waals surface area contributed by atoms with E-state index in [2.05, 4.69) is 5.32 Å². The molecular formula is C12H24N2O5. The summed E-state index contributed by atoms with van der Waals surface area (Å²) >= 11 is 0. The van der Waals surface area contributed by atoms with Crippen molar-refractivity contribution in [3.63, 3.8) is 0 Å². The fraction of sp³-hybridized carbons (Fsp3) is 0.833. The number of hydrogen-bond donors (Lipinski definition) is 3. The maximum absolute atomic E-state index is 12.0. The van der Waals surface area contributed by atoms with E-state index in [0.717, 1.165) is 0 Å². The van der Waals surface area contributed by atoms with Gasteiger partial charge in [-0.15, -0.1) is 0 Å². The van der Waals surface area contributed by atoms with Crippen LogP contribution in [-0.4, -0.2) is 66.1 Å². The van der Waals surface area contributed by atoms with Crippen LogP contribution in [-0.2, 0) is 9.53 Å². The second kappa shape index (κ2) is 8.71. The molecule has 7 heteroatoms. The average Bonchev–Trinajstić information content (AvgIpc) is 2.29. The van der Waals surface area contributed by atoms with Gasteiger partial charge >= 0.3 is 12.0 Å². The van der Waals surface area contributed by atoms with Gasteiger partial charge in [-0.05, 0) is 12.8 Å². The first-order valence-electron chi connectivity index (χ1n) is 6.24. The van der Waals surface area contributed by atoms with Crippen molar-refractivity contribution in [3.8, 4) is 0 Å². The first-order valence-corrected chi connectivity index (χ1v) is 6.24. The molecule has 0 rings (SSSR count). The Balaban J connectivity index is 4.64.